The summed E-state index contributed by atoms with van der Waals surface area (Å²) in [6.07, 6.45) is 3.84. The minimum absolute atomic E-state index is 0.442. The Morgan fingerprint density at radius 2 is 2.31 bits per heavy atom. The summed E-state index contributed by atoms with van der Waals surface area (Å²) in [5, 5.41) is 0. The second-order valence-corrected chi connectivity index (χ2v) is 3.37. The molecule has 1 atom stereocenters. The molecule has 0 fully saturated rings. The normalized spacial score (nSPS) is 19.2. The highest BCUT2D eigenvalue weighted by Gasteiger charge is 2.20. The molecule has 1 aliphatic carbocycles. The van der Waals surface area contributed by atoms with Crippen molar-refractivity contribution in [2.24, 2.45) is 4.99 Å². The molecule has 1 aromatic rings. The van der Waals surface area contributed by atoms with Crippen LogP contribution in [0, 0.1) is 0 Å². The molecule has 0 radical (unpaired) electrons. The van der Waals surface area contributed by atoms with Gasteiger partial charge in [0.2, 0.25) is 6.08 Å². The third kappa shape index (κ3) is 1.53. The van der Waals surface area contributed by atoms with Gasteiger partial charge < -0.3 is 0 Å². The molecular formula is C11H11NO. The van der Waals surface area contributed by atoms with E-state index in [2.05, 4.69) is 23.2 Å². The summed E-state index contributed by atoms with van der Waals surface area (Å²) < 4.78 is 0. The lowest BCUT2D eigenvalue weighted by Crippen LogP contribution is -1.96. The predicted molar refractivity (Wildman–Crippen MR) is 50.5 cm³/mol. The van der Waals surface area contributed by atoms with Crippen molar-refractivity contribution in [3.05, 3.63) is 35.4 Å². The third-order valence-corrected chi connectivity index (χ3v) is 2.63. The SMILES string of the molecule is O=C=NCC1CCc2ccccc21. The van der Waals surface area contributed by atoms with Gasteiger partial charge in [0.25, 0.3) is 0 Å². The van der Waals surface area contributed by atoms with Gasteiger partial charge in [0, 0.05) is 5.92 Å². The Balaban J connectivity index is 2.23. The van der Waals surface area contributed by atoms with Gasteiger partial charge in [-0.25, -0.2) is 9.79 Å². The van der Waals surface area contributed by atoms with Crippen molar-refractivity contribution in [1.29, 1.82) is 0 Å². The maximum Gasteiger partial charge on any atom is 0.234 e. The number of rotatable bonds is 2. The molecule has 0 N–H and O–H groups in total. The van der Waals surface area contributed by atoms with E-state index in [0.29, 0.717) is 12.5 Å². The second kappa shape index (κ2) is 3.55. The van der Waals surface area contributed by atoms with E-state index in [9.17, 15) is 4.79 Å². The molecule has 66 valence electrons. The Bertz CT molecular complexity index is 353. The summed E-state index contributed by atoms with van der Waals surface area (Å²) in [5.74, 6) is 0.442. The van der Waals surface area contributed by atoms with E-state index < -0.39 is 0 Å². The van der Waals surface area contributed by atoms with Crippen LogP contribution in [0.1, 0.15) is 23.5 Å². The average molecular weight is 173 g/mol. The van der Waals surface area contributed by atoms with Crippen molar-refractivity contribution in [3.63, 3.8) is 0 Å². The number of nitrogens with zero attached hydrogens (tertiary/aromatic N) is 1. The van der Waals surface area contributed by atoms with Crippen LogP contribution in [0.15, 0.2) is 29.3 Å². The number of aryl methyl sites for hydroxylation is 1. The second-order valence-electron chi connectivity index (χ2n) is 3.37. The minimum Gasteiger partial charge on any atom is -0.211 e. The quantitative estimate of drug-likeness (QED) is 0.497. The Hall–Kier alpha value is -1.40. The van der Waals surface area contributed by atoms with E-state index in [1.165, 1.54) is 11.1 Å². The molecule has 2 rings (SSSR count). The number of isocyanates is 1. The fraction of sp³-hybridized carbons (Fsp3) is 0.364. The summed E-state index contributed by atoms with van der Waals surface area (Å²) >= 11 is 0. The minimum atomic E-state index is 0.442. The molecule has 13 heavy (non-hydrogen) atoms. The highest BCUT2D eigenvalue weighted by molar-refractivity contribution is 5.37. The summed E-state index contributed by atoms with van der Waals surface area (Å²) in [6, 6.07) is 8.39. The Morgan fingerprint density at radius 3 is 3.15 bits per heavy atom. The molecule has 0 aliphatic heterocycles. The number of hydrogen-bond acceptors (Lipinski definition) is 2. The van der Waals surface area contributed by atoms with Crippen LogP contribution in [0.3, 0.4) is 0 Å². The van der Waals surface area contributed by atoms with Crippen molar-refractivity contribution in [3.8, 4) is 0 Å². The zero-order chi connectivity index (χ0) is 9.10. The lowest BCUT2D eigenvalue weighted by molar-refractivity contribution is 0.560. The molecule has 2 nitrogen and oxygen atoms in total. The number of hydrogen-bond donors (Lipinski definition) is 0. The van der Waals surface area contributed by atoms with Crippen molar-refractivity contribution in [1.82, 2.24) is 0 Å². The maximum absolute atomic E-state index is 9.98. The van der Waals surface area contributed by atoms with Crippen LogP contribution in [-0.4, -0.2) is 12.6 Å². The predicted octanol–water partition coefficient (Wildman–Crippen LogP) is 2.05. The molecule has 1 aliphatic rings. The number of carbonyl (C=O) groups excluding carboxylic acids is 1. The molecule has 0 spiro atoms. The van der Waals surface area contributed by atoms with Gasteiger partial charge in [0.15, 0.2) is 0 Å². The van der Waals surface area contributed by atoms with Gasteiger partial charge in [0.05, 0.1) is 6.54 Å². The van der Waals surface area contributed by atoms with E-state index in [-0.39, 0.29) is 0 Å². The zero-order valence-electron chi connectivity index (χ0n) is 7.36. The van der Waals surface area contributed by atoms with Crippen LogP contribution in [0.25, 0.3) is 0 Å². The fourth-order valence-electron chi connectivity index (χ4n) is 1.98. The third-order valence-electron chi connectivity index (χ3n) is 2.63. The smallest absolute Gasteiger partial charge is 0.211 e. The molecular weight excluding hydrogens is 162 g/mol. The molecule has 0 saturated carbocycles. The van der Waals surface area contributed by atoms with Crippen LogP contribution in [0.4, 0.5) is 0 Å². The van der Waals surface area contributed by atoms with Gasteiger partial charge >= 0.3 is 0 Å². The molecule has 1 unspecified atom stereocenters. The summed E-state index contributed by atoms with van der Waals surface area (Å²) in [6.45, 7) is 0.598. The van der Waals surface area contributed by atoms with Crippen molar-refractivity contribution >= 4 is 6.08 Å². The number of aliphatic imine (C=N–C) groups is 1. The first-order valence-electron chi connectivity index (χ1n) is 4.53. The Kier molecular flexibility index (Phi) is 2.24. The van der Waals surface area contributed by atoms with Crippen LogP contribution in [-0.2, 0) is 11.2 Å². The zero-order valence-corrected chi connectivity index (χ0v) is 7.36. The highest BCUT2D eigenvalue weighted by Crippen LogP contribution is 2.32. The lowest BCUT2D eigenvalue weighted by Gasteiger charge is -2.05. The van der Waals surface area contributed by atoms with Crippen molar-refractivity contribution < 1.29 is 4.79 Å². The van der Waals surface area contributed by atoms with E-state index in [1.54, 1.807) is 6.08 Å². The molecule has 2 heteroatoms. The Morgan fingerprint density at radius 1 is 1.46 bits per heavy atom. The highest BCUT2D eigenvalue weighted by atomic mass is 16.1. The van der Waals surface area contributed by atoms with E-state index in [4.69, 9.17) is 0 Å². The standard InChI is InChI=1S/C11H11NO/c13-8-12-7-10-6-5-9-3-1-2-4-11(9)10/h1-4,10H,5-7H2. The van der Waals surface area contributed by atoms with Gasteiger partial charge in [0.1, 0.15) is 0 Å². The maximum atomic E-state index is 9.98. The van der Waals surface area contributed by atoms with Gasteiger partial charge in [-0.3, -0.25) is 0 Å². The van der Waals surface area contributed by atoms with Crippen LogP contribution in [0.5, 0.6) is 0 Å². The first-order valence-corrected chi connectivity index (χ1v) is 4.53. The molecule has 0 amide bonds. The van der Waals surface area contributed by atoms with Gasteiger partial charge in [-0.1, -0.05) is 24.3 Å². The van der Waals surface area contributed by atoms with E-state index >= 15 is 0 Å². The van der Waals surface area contributed by atoms with Crippen LogP contribution in [0.2, 0.25) is 0 Å². The summed E-state index contributed by atoms with van der Waals surface area (Å²) in [7, 11) is 0. The number of benzene rings is 1. The molecule has 0 bridgehead atoms. The monoisotopic (exact) mass is 173 g/mol. The fourth-order valence-corrected chi connectivity index (χ4v) is 1.98. The lowest BCUT2D eigenvalue weighted by atomic mass is 10.0. The largest absolute Gasteiger partial charge is 0.234 e. The van der Waals surface area contributed by atoms with Gasteiger partial charge in [-0.15, -0.1) is 0 Å². The molecule has 1 aromatic carbocycles. The first-order chi connectivity index (χ1) is 6.42. The van der Waals surface area contributed by atoms with Crippen molar-refractivity contribution in [2.75, 3.05) is 6.54 Å². The summed E-state index contributed by atoms with van der Waals surface area (Å²) in [4.78, 5) is 13.6. The number of fused-ring (bicyclic) bond motifs is 1. The molecule has 0 aromatic heterocycles. The summed E-state index contributed by atoms with van der Waals surface area (Å²) in [5.41, 5.74) is 2.77. The Labute approximate surface area is 77.3 Å². The van der Waals surface area contributed by atoms with Crippen LogP contribution >= 0.6 is 0 Å². The average Bonchev–Trinajstić information content (AvgIpc) is 2.58. The van der Waals surface area contributed by atoms with Gasteiger partial charge in [-0.05, 0) is 24.0 Å². The molecule has 0 heterocycles. The van der Waals surface area contributed by atoms with Crippen LogP contribution < -0.4 is 0 Å². The van der Waals surface area contributed by atoms with E-state index in [0.717, 1.165) is 12.8 Å². The van der Waals surface area contributed by atoms with Gasteiger partial charge in [-0.2, -0.15) is 0 Å². The topological polar surface area (TPSA) is 29.4 Å². The van der Waals surface area contributed by atoms with Crippen molar-refractivity contribution in [2.45, 2.75) is 18.8 Å². The first kappa shape index (κ1) is 8.21. The van der Waals surface area contributed by atoms with E-state index in [1.807, 2.05) is 6.07 Å². The molecule has 0 saturated heterocycles.